The highest BCUT2D eigenvalue weighted by molar-refractivity contribution is 7.10. The number of carbonyl (C=O) groups excluding carboxylic acids is 1. The summed E-state index contributed by atoms with van der Waals surface area (Å²) in [7, 11) is 1.48. The van der Waals surface area contributed by atoms with Crippen LogP contribution in [-0.2, 0) is 4.79 Å². The molecule has 1 N–H and O–H groups in total. The Morgan fingerprint density at radius 1 is 1.85 bits per heavy atom. The Hall–Kier alpha value is -1.67. The van der Waals surface area contributed by atoms with Crippen molar-refractivity contribution in [2.75, 3.05) is 7.05 Å². The Bertz CT molecular complexity index is 361. The number of amides is 1. The third kappa shape index (κ3) is 2.39. The number of nitrogens with one attached hydrogen (secondary N) is 1. The van der Waals surface area contributed by atoms with Crippen LogP contribution in [0.3, 0.4) is 0 Å². The Labute approximate surface area is 79.5 Å². The van der Waals surface area contributed by atoms with Gasteiger partial charge in [0.25, 0.3) is 5.91 Å². The van der Waals surface area contributed by atoms with Crippen LogP contribution < -0.4 is 5.32 Å². The highest BCUT2D eigenvalue weighted by atomic mass is 32.1. The van der Waals surface area contributed by atoms with E-state index >= 15 is 0 Å². The van der Waals surface area contributed by atoms with Crippen LogP contribution in [0.5, 0.6) is 0 Å². The second kappa shape index (κ2) is 4.38. The SMILES string of the molecule is CNC(=O)/C(C#N)=C/c1nccs1. The first-order valence-electron chi connectivity index (χ1n) is 3.51. The van der Waals surface area contributed by atoms with Crippen LogP contribution in [0.1, 0.15) is 5.01 Å². The molecule has 1 aromatic rings. The van der Waals surface area contributed by atoms with E-state index in [-0.39, 0.29) is 5.57 Å². The molecule has 66 valence electrons. The zero-order chi connectivity index (χ0) is 9.68. The second-order valence-corrected chi connectivity index (χ2v) is 3.05. The lowest BCUT2D eigenvalue weighted by Gasteiger charge is -1.93. The van der Waals surface area contributed by atoms with Crippen molar-refractivity contribution in [2.45, 2.75) is 0 Å². The number of nitriles is 1. The largest absolute Gasteiger partial charge is 0.354 e. The van der Waals surface area contributed by atoms with E-state index in [1.165, 1.54) is 24.5 Å². The highest BCUT2D eigenvalue weighted by Gasteiger charge is 2.06. The van der Waals surface area contributed by atoms with E-state index in [2.05, 4.69) is 10.3 Å². The Balaban J connectivity index is 2.91. The summed E-state index contributed by atoms with van der Waals surface area (Å²) in [5.41, 5.74) is 0.0671. The van der Waals surface area contributed by atoms with Gasteiger partial charge < -0.3 is 5.32 Å². The van der Waals surface area contributed by atoms with Gasteiger partial charge in [-0.05, 0) is 6.08 Å². The maximum absolute atomic E-state index is 11.0. The van der Waals surface area contributed by atoms with E-state index in [1.807, 2.05) is 0 Å². The summed E-state index contributed by atoms with van der Waals surface area (Å²) in [6, 6.07) is 1.81. The third-order valence-electron chi connectivity index (χ3n) is 1.31. The molecular weight excluding hydrogens is 186 g/mol. The van der Waals surface area contributed by atoms with Crippen LogP contribution >= 0.6 is 11.3 Å². The van der Waals surface area contributed by atoms with Crippen LogP contribution in [0, 0.1) is 11.3 Å². The average Bonchev–Trinajstić information content (AvgIpc) is 2.65. The maximum atomic E-state index is 11.0. The van der Waals surface area contributed by atoms with Crippen molar-refractivity contribution in [1.82, 2.24) is 10.3 Å². The quantitative estimate of drug-likeness (QED) is 0.558. The number of hydrogen-bond donors (Lipinski definition) is 1. The molecule has 13 heavy (non-hydrogen) atoms. The molecule has 1 heterocycles. The van der Waals surface area contributed by atoms with E-state index < -0.39 is 5.91 Å². The molecule has 0 saturated heterocycles. The molecule has 0 aromatic carbocycles. The van der Waals surface area contributed by atoms with Gasteiger partial charge in [-0.1, -0.05) is 0 Å². The minimum atomic E-state index is -0.391. The summed E-state index contributed by atoms with van der Waals surface area (Å²) >= 11 is 1.38. The normalized spacial score (nSPS) is 10.6. The Kier molecular flexibility index (Phi) is 3.17. The van der Waals surface area contributed by atoms with E-state index in [0.717, 1.165) is 0 Å². The molecule has 0 fully saturated rings. The lowest BCUT2D eigenvalue weighted by molar-refractivity contribution is -0.116. The van der Waals surface area contributed by atoms with Gasteiger partial charge in [0.05, 0.1) is 0 Å². The molecule has 0 atom stereocenters. The molecule has 0 saturated carbocycles. The van der Waals surface area contributed by atoms with Crippen LogP contribution in [0.4, 0.5) is 0 Å². The molecule has 5 heteroatoms. The molecule has 0 bridgehead atoms. The van der Waals surface area contributed by atoms with Crippen molar-refractivity contribution in [2.24, 2.45) is 0 Å². The molecule has 0 aliphatic heterocycles. The van der Waals surface area contributed by atoms with E-state index in [1.54, 1.807) is 17.6 Å². The Morgan fingerprint density at radius 2 is 2.62 bits per heavy atom. The van der Waals surface area contributed by atoms with Gasteiger partial charge in [0.2, 0.25) is 0 Å². The minimum Gasteiger partial charge on any atom is -0.354 e. The van der Waals surface area contributed by atoms with Gasteiger partial charge in [-0.3, -0.25) is 4.79 Å². The van der Waals surface area contributed by atoms with Gasteiger partial charge >= 0.3 is 0 Å². The number of likely N-dealkylation sites (N-methyl/N-ethyl adjacent to an activating group) is 1. The standard InChI is InChI=1S/C8H7N3OS/c1-10-8(12)6(5-9)4-7-11-2-3-13-7/h2-4H,1H3,(H,10,12)/b6-4+. The van der Waals surface area contributed by atoms with E-state index in [0.29, 0.717) is 5.01 Å². The van der Waals surface area contributed by atoms with Gasteiger partial charge in [0.15, 0.2) is 0 Å². The molecule has 4 nitrogen and oxygen atoms in total. The van der Waals surface area contributed by atoms with Crippen LogP contribution in [0.25, 0.3) is 6.08 Å². The van der Waals surface area contributed by atoms with Crippen molar-refractivity contribution < 1.29 is 4.79 Å². The monoisotopic (exact) mass is 193 g/mol. The predicted molar refractivity (Wildman–Crippen MR) is 49.8 cm³/mol. The molecule has 0 aliphatic rings. The fraction of sp³-hybridized carbons (Fsp3) is 0.125. The molecule has 0 spiro atoms. The fourth-order valence-electron chi connectivity index (χ4n) is 0.712. The van der Waals surface area contributed by atoms with Gasteiger partial charge in [0, 0.05) is 18.6 Å². The number of aromatic nitrogens is 1. The van der Waals surface area contributed by atoms with Crippen molar-refractivity contribution in [1.29, 1.82) is 5.26 Å². The molecule has 1 rings (SSSR count). The lowest BCUT2D eigenvalue weighted by atomic mass is 10.2. The third-order valence-corrected chi connectivity index (χ3v) is 2.03. The summed E-state index contributed by atoms with van der Waals surface area (Å²) < 4.78 is 0. The number of nitrogens with zero attached hydrogens (tertiary/aromatic N) is 2. The summed E-state index contributed by atoms with van der Waals surface area (Å²) in [5.74, 6) is -0.391. The van der Waals surface area contributed by atoms with Crippen molar-refractivity contribution >= 4 is 23.3 Å². The summed E-state index contributed by atoms with van der Waals surface area (Å²) in [4.78, 5) is 15.0. The fourth-order valence-corrected chi connectivity index (χ4v) is 1.28. The van der Waals surface area contributed by atoms with Crippen LogP contribution in [0.15, 0.2) is 17.2 Å². The topological polar surface area (TPSA) is 65.8 Å². The van der Waals surface area contributed by atoms with Gasteiger partial charge in [0.1, 0.15) is 16.6 Å². The first-order chi connectivity index (χ1) is 6.27. The van der Waals surface area contributed by atoms with E-state index in [4.69, 9.17) is 5.26 Å². The van der Waals surface area contributed by atoms with Gasteiger partial charge in [-0.15, -0.1) is 11.3 Å². The lowest BCUT2D eigenvalue weighted by Crippen LogP contribution is -2.19. The van der Waals surface area contributed by atoms with Crippen LogP contribution in [0.2, 0.25) is 0 Å². The smallest absolute Gasteiger partial charge is 0.261 e. The highest BCUT2D eigenvalue weighted by Crippen LogP contribution is 2.09. The molecule has 1 amide bonds. The van der Waals surface area contributed by atoms with Crippen molar-refractivity contribution in [3.05, 3.63) is 22.2 Å². The summed E-state index contributed by atoms with van der Waals surface area (Å²) in [6.07, 6.45) is 3.08. The van der Waals surface area contributed by atoms with Gasteiger partial charge in [-0.2, -0.15) is 5.26 Å². The zero-order valence-electron chi connectivity index (χ0n) is 6.94. The first-order valence-corrected chi connectivity index (χ1v) is 4.39. The first kappa shape index (κ1) is 9.42. The van der Waals surface area contributed by atoms with Crippen LogP contribution in [-0.4, -0.2) is 17.9 Å². The number of rotatable bonds is 2. The van der Waals surface area contributed by atoms with Gasteiger partial charge in [-0.25, -0.2) is 4.98 Å². The summed E-state index contributed by atoms with van der Waals surface area (Å²) in [6.45, 7) is 0. The Morgan fingerprint density at radius 3 is 3.08 bits per heavy atom. The average molecular weight is 193 g/mol. The van der Waals surface area contributed by atoms with Crippen molar-refractivity contribution in [3.8, 4) is 6.07 Å². The molecular formula is C8H7N3OS. The zero-order valence-corrected chi connectivity index (χ0v) is 7.76. The molecule has 0 unspecified atom stereocenters. The number of thiazole rings is 1. The molecule has 1 aromatic heterocycles. The second-order valence-electron chi connectivity index (χ2n) is 2.12. The molecule has 0 radical (unpaired) electrons. The minimum absolute atomic E-state index is 0.0671. The van der Waals surface area contributed by atoms with Crippen molar-refractivity contribution in [3.63, 3.8) is 0 Å². The number of carbonyl (C=O) groups is 1. The summed E-state index contributed by atoms with van der Waals surface area (Å²) in [5, 5.41) is 13.4. The maximum Gasteiger partial charge on any atom is 0.261 e. The van der Waals surface area contributed by atoms with E-state index in [9.17, 15) is 4.79 Å². The number of hydrogen-bond acceptors (Lipinski definition) is 4. The molecule has 0 aliphatic carbocycles. The predicted octanol–water partition coefficient (Wildman–Crippen LogP) is 0.796.